The molecule has 22 heavy (non-hydrogen) atoms. The summed E-state index contributed by atoms with van der Waals surface area (Å²) in [5.41, 5.74) is 0. The number of sulfonamides is 1. The van der Waals surface area contributed by atoms with Crippen LogP contribution in [0.1, 0.15) is 20.3 Å². The van der Waals surface area contributed by atoms with Crippen LogP contribution in [0.3, 0.4) is 0 Å². The van der Waals surface area contributed by atoms with Crippen molar-refractivity contribution >= 4 is 43.4 Å². The molecule has 2 atom stereocenters. The van der Waals surface area contributed by atoms with Crippen LogP contribution in [0, 0.1) is 5.92 Å². The summed E-state index contributed by atoms with van der Waals surface area (Å²) in [5.74, 6) is -0.225. The average Bonchev–Trinajstić information content (AvgIpc) is 2.80. The molecule has 7 nitrogen and oxygen atoms in total. The van der Waals surface area contributed by atoms with Crippen molar-refractivity contribution in [2.75, 3.05) is 6.61 Å². The molecule has 1 aromatic heterocycles. The van der Waals surface area contributed by atoms with E-state index in [2.05, 4.69) is 8.91 Å². The molecule has 1 aromatic rings. The Labute approximate surface area is 161 Å². The first-order valence-electron chi connectivity index (χ1n) is 5.93. The molecule has 0 bridgehead atoms. The summed E-state index contributed by atoms with van der Waals surface area (Å²) < 4.78 is 62.7. The third-order valence-corrected chi connectivity index (χ3v) is 6.48. The Morgan fingerprint density at radius 1 is 1.36 bits per heavy atom. The van der Waals surface area contributed by atoms with Crippen LogP contribution in [-0.2, 0) is 24.6 Å². The molecule has 1 heterocycles. The van der Waals surface area contributed by atoms with Gasteiger partial charge in [0, 0.05) is 6.04 Å². The number of hydrogen-bond acceptors (Lipinski definition) is 7. The van der Waals surface area contributed by atoms with Gasteiger partial charge in [0.2, 0.25) is 20.4 Å². The maximum Gasteiger partial charge on any atom is 1.00 e. The molecular weight excluding hydrogens is 385 g/mol. The van der Waals surface area contributed by atoms with E-state index >= 15 is 0 Å². The van der Waals surface area contributed by atoms with E-state index in [0.29, 0.717) is 10.8 Å². The Morgan fingerprint density at radius 2 is 1.95 bits per heavy atom. The molecule has 1 rings (SSSR count). The largest absolute Gasteiger partial charge is 1.00 e. The fourth-order valence-electron chi connectivity index (χ4n) is 1.46. The zero-order valence-corrected chi connectivity index (χ0v) is 17.5. The van der Waals surface area contributed by atoms with Crippen molar-refractivity contribution in [2.24, 2.45) is 5.92 Å². The van der Waals surface area contributed by atoms with Gasteiger partial charge in [0.15, 0.2) is 0 Å². The third kappa shape index (κ3) is 7.56. The van der Waals surface area contributed by atoms with Crippen LogP contribution in [0.25, 0.3) is 0 Å². The maximum absolute atomic E-state index is 12.2. The zero-order valence-electron chi connectivity index (χ0n) is 12.3. The van der Waals surface area contributed by atoms with Gasteiger partial charge < -0.3 is 4.55 Å². The average molecular weight is 400 g/mol. The quantitative estimate of drug-likeness (QED) is 0.326. The monoisotopic (exact) mass is 399 g/mol. The first-order valence-corrected chi connectivity index (χ1v) is 9.94. The summed E-state index contributed by atoms with van der Waals surface area (Å²) in [6, 6.07) is 1.94. The van der Waals surface area contributed by atoms with Crippen LogP contribution >= 0.6 is 22.9 Å². The molecule has 1 N–H and O–H groups in total. The molecule has 1 unspecified atom stereocenters. The number of hydrogen-bond donors (Lipinski definition) is 1. The second kappa shape index (κ2) is 9.30. The second-order valence-corrected chi connectivity index (χ2v) is 9.07. The number of rotatable bonds is 8. The Balaban J connectivity index is 0.00000441. The van der Waals surface area contributed by atoms with E-state index in [-0.39, 0.29) is 39.7 Å². The summed E-state index contributed by atoms with van der Waals surface area (Å²) in [4.78, 5) is 0. The predicted molar refractivity (Wildman–Crippen MR) is 78.5 cm³/mol. The summed E-state index contributed by atoms with van der Waals surface area (Å²) in [5, 5.41) is 0. The van der Waals surface area contributed by atoms with Crippen molar-refractivity contribution in [2.45, 2.75) is 30.5 Å². The van der Waals surface area contributed by atoms with Crippen LogP contribution in [0.5, 0.6) is 0 Å². The van der Waals surface area contributed by atoms with Crippen LogP contribution < -0.4 is 34.3 Å². The summed E-state index contributed by atoms with van der Waals surface area (Å²) >= 11 is 6.57. The minimum absolute atomic E-state index is 0. The predicted octanol–water partition coefficient (Wildman–Crippen LogP) is -1.42. The number of nitrogens with one attached hydrogen (secondary N) is 1. The molecule has 0 spiro atoms. The standard InChI is InChI=1S/C10H16ClNO6S3.Na/c1-3-7(2)8(6-18-21(15,16)17)12-20(13,14)10-5-4-9(11)19-10;/h4-5,7-8,12H,3,6H2,1-2H3,(H,15,16,17);/q;+1/p-1/t7?,8-;/m1./s1. The number of thiophene rings is 1. The van der Waals surface area contributed by atoms with Gasteiger partial charge >= 0.3 is 29.6 Å². The van der Waals surface area contributed by atoms with Crippen molar-refractivity contribution in [1.82, 2.24) is 4.72 Å². The SMILES string of the molecule is CCC(C)[C@@H](COS(=O)(=O)[O-])NS(=O)(=O)c1ccc(Cl)s1.[Na+]. The van der Waals surface area contributed by atoms with Gasteiger partial charge in [-0.05, 0) is 18.1 Å². The van der Waals surface area contributed by atoms with E-state index in [1.165, 1.54) is 12.1 Å². The van der Waals surface area contributed by atoms with Crippen molar-refractivity contribution in [1.29, 1.82) is 0 Å². The molecule has 0 fully saturated rings. The fourth-order valence-corrected chi connectivity index (χ4v) is 4.60. The van der Waals surface area contributed by atoms with Crippen LogP contribution in [-0.4, -0.2) is 34.0 Å². The van der Waals surface area contributed by atoms with E-state index in [4.69, 9.17) is 11.6 Å². The van der Waals surface area contributed by atoms with Crippen molar-refractivity contribution in [3.05, 3.63) is 16.5 Å². The van der Waals surface area contributed by atoms with Crippen molar-refractivity contribution in [3.8, 4) is 0 Å². The summed E-state index contributed by atoms with van der Waals surface area (Å²) in [6.07, 6.45) is 0.570. The molecule has 0 radical (unpaired) electrons. The molecule has 0 aliphatic carbocycles. The minimum atomic E-state index is -4.88. The van der Waals surface area contributed by atoms with Crippen LogP contribution in [0.2, 0.25) is 4.34 Å². The van der Waals surface area contributed by atoms with Crippen LogP contribution in [0.15, 0.2) is 16.3 Å². The van der Waals surface area contributed by atoms with E-state index < -0.39 is 33.1 Å². The minimum Gasteiger partial charge on any atom is -0.726 e. The van der Waals surface area contributed by atoms with Gasteiger partial charge in [-0.1, -0.05) is 31.9 Å². The normalized spacial score (nSPS) is 15.1. The fraction of sp³-hybridized carbons (Fsp3) is 0.600. The Kier molecular flexibility index (Phi) is 9.63. The van der Waals surface area contributed by atoms with Gasteiger partial charge in [-0.3, -0.25) is 4.18 Å². The molecule has 0 aliphatic rings. The Morgan fingerprint density at radius 3 is 2.36 bits per heavy atom. The van der Waals surface area contributed by atoms with Gasteiger partial charge in [0.1, 0.15) is 4.21 Å². The van der Waals surface area contributed by atoms with Gasteiger partial charge in [-0.2, -0.15) is 0 Å². The van der Waals surface area contributed by atoms with Gasteiger partial charge in [0.25, 0.3) is 0 Å². The Bertz CT molecular complexity index is 675. The van der Waals surface area contributed by atoms with Crippen molar-refractivity contribution < 1.29 is 55.1 Å². The van der Waals surface area contributed by atoms with E-state index in [0.717, 1.165) is 11.3 Å². The first kappa shape index (κ1) is 22.8. The Hall–Kier alpha value is 0.770. The first-order chi connectivity index (χ1) is 9.55. The third-order valence-electron chi connectivity index (χ3n) is 2.84. The van der Waals surface area contributed by atoms with Crippen LogP contribution in [0.4, 0.5) is 0 Å². The smallest absolute Gasteiger partial charge is 0.726 e. The topological polar surface area (TPSA) is 113 Å². The maximum atomic E-state index is 12.2. The summed E-state index contributed by atoms with van der Waals surface area (Å²) in [6.45, 7) is 2.97. The molecule has 0 aromatic carbocycles. The molecule has 12 heteroatoms. The van der Waals surface area contributed by atoms with E-state index in [1.807, 2.05) is 0 Å². The molecule has 0 aliphatic heterocycles. The molecule has 122 valence electrons. The van der Waals surface area contributed by atoms with Gasteiger partial charge in [0.05, 0.1) is 10.9 Å². The molecule has 0 amide bonds. The van der Waals surface area contributed by atoms with Gasteiger partial charge in [-0.15, -0.1) is 11.3 Å². The molecular formula is C10H15ClNNaO6S3. The van der Waals surface area contributed by atoms with Gasteiger partial charge in [-0.25, -0.2) is 21.6 Å². The van der Waals surface area contributed by atoms with E-state index in [9.17, 15) is 21.4 Å². The second-order valence-electron chi connectivity index (χ2n) is 4.36. The number of halogens is 1. The van der Waals surface area contributed by atoms with Crippen molar-refractivity contribution in [3.63, 3.8) is 0 Å². The molecule has 0 saturated heterocycles. The van der Waals surface area contributed by atoms with E-state index in [1.54, 1.807) is 13.8 Å². The molecule has 0 saturated carbocycles. The zero-order chi connectivity index (χ0) is 16.3. The summed E-state index contributed by atoms with van der Waals surface area (Å²) in [7, 11) is -8.73.